The summed E-state index contributed by atoms with van der Waals surface area (Å²) < 4.78 is 0. The van der Waals surface area contributed by atoms with Crippen LogP contribution in [0.2, 0.25) is 0 Å². The van der Waals surface area contributed by atoms with Gasteiger partial charge in [0.25, 0.3) is 0 Å². The molecule has 21 heavy (non-hydrogen) atoms. The monoisotopic (exact) mass is 286 g/mol. The van der Waals surface area contributed by atoms with Gasteiger partial charge < -0.3 is 4.90 Å². The Morgan fingerprint density at radius 1 is 1.29 bits per heavy atom. The first-order valence-corrected chi connectivity index (χ1v) is 7.99. The predicted molar refractivity (Wildman–Crippen MR) is 84.6 cm³/mol. The van der Waals surface area contributed by atoms with Crippen LogP contribution in [0, 0.1) is 11.3 Å². The Balaban J connectivity index is 1.89. The van der Waals surface area contributed by atoms with E-state index in [1.54, 1.807) is 0 Å². The molecule has 1 aromatic carbocycles. The topological polar surface area (TPSA) is 32.3 Å². The zero-order valence-electron chi connectivity index (χ0n) is 13.5. The Labute approximate surface area is 127 Å². The second kappa shape index (κ2) is 4.84. The molecule has 1 N–H and O–H groups in total. The Hall–Kier alpha value is -1.35. The fourth-order valence-electron chi connectivity index (χ4n) is 2.96. The first kappa shape index (κ1) is 14.6. The molecular weight excluding hydrogens is 260 g/mol. The van der Waals surface area contributed by atoms with Gasteiger partial charge in [-0.15, -0.1) is 0 Å². The van der Waals surface area contributed by atoms with Crippen molar-refractivity contribution in [2.45, 2.75) is 52.2 Å². The highest BCUT2D eigenvalue weighted by Gasteiger charge is 2.59. The van der Waals surface area contributed by atoms with Gasteiger partial charge in [-0.2, -0.15) is 0 Å². The predicted octanol–water partition coefficient (Wildman–Crippen LogP) is 3.33. The van der Waals surface area contributed by atoms with Gasteiger partial charge in [0, 0.05) is 6.54 Å². The molecule has 2 aliphatic rings. The van der Waals surface area contributed by atoms with E-state index >= 15 is 0 Å². The first-order valence-electron chi connectivity index (χ1n) is 7.99. The van der Waals surface area contributed by atoms with Gasteiger partial charge in [0.05, 0.1) is 0 Å². The van der Waals surface area contributed by atoms with Crippen LogP contribution in [0.5, 0.6) is 0 Å². The lowest BCUT2D eigenvalue weighted by Gasteiger charge is -2.36. The number of nitrogens with one attached hydrogen (secondary N) is 1. The van der Waals surface area contributed by atoms with Crippen LogP contribution in [0.15, 0.2) is 30.3 Å². The molecule has 3 nitrogen and oxygen atoms in total. The second-order valence-electron chi connectivity index (χ2n) is 7.62. The molecule has 0 aromatic heterocycles. The third kappa shape index (κ3) is 2.48. The number of amides is 1. The van der Waals surface area contributed by atoms with E-state index in [1.807, 2.05) is 18.2 Å². The third-order valence-electron chi connectivity index (χ3n) is 5.40. The van der Waals surface area contributed by atoms with E-state index in [1.165, 1.54) is 5.56 Å². The number of nitrogens with zero attached hydrogens (tertiary/aromatic N) is 1. The standard InChI is InChI=1S/C18H26N2O/c1-13(2)17(3,4)12-20-15(14-8-6-5-7-9-14)19-18(10-11-18)16(20)21/h5-9,13,15,19H,10-12H2,1-4H3. The Morgan fingerprint density at radius 3 is 2.43 bits per heavy atom. The highest BCUT2D eigenvalue weighted by molar-refractivity contribution is 5.92. The van der Waals surface area contributed by atoms with Crippen LogP contribution < -0.4 is 5.32 Å². The molecule has 1 amide bonds. The summed E-state index contributed by atoms with van der Waals surface area (Å²) in [5.74, 6) is 0.836. The zero-order chi connectivity index (χ0) is 15.3. The molecule has 1 saturated heterocycles. The molecule has 3 heteroatoms. The third-order valence-corrected chi connectivity index (χ3v) is 5.40. The molecule has 1 aromatic rings. The minimum Gasteiger partial charge on any atom is -0.321 e. The highest BCUT2D eigenvalue weighted by Crippen LogP contribution is 2.47. The average molecular weight is 286 g/mol. The van der Waals surface area contributed by atoms with Crippen molar-refractivity contribution in [2.75, 3.05) is 6.54 Å². The van der Waals surface area contributed by atoms with E-state index in [9.17, 15) is 4.79 Å². The molecule has 3 rings (SSSR count). The molecule has 0 bridgehead atoms. The van der Waals surface area contributed by atoms with Gasteiger partial charge >= 0.3 is 0 Å². The van der Waals surface area contributed by atoms with Crippen LogP contribution in [-0.4, -0.2) is 22.9 Å². The minimum atomic E-state index is -0.256. The maximum absolute atomic E-state index is 12.8. The Morgan fingerprint density at radius 2 is 1.90 bits per heavy atom. The number of carbonyl (C=O) groups is 1. The summed E-state index contributed by atoms with van der Waals surface area (Å²) in [5.41, 5.74) is 1.05. The van der Waals surface area contributed by atoms with E-state index in [-0.39, 0.29) is 17.1 Å². The molecule has 1 saturated carbocycles. The lowest BCUT2D eigenvalue weighted by atomic mass is 9.80. The smallest absolute Gasteiger partial charge is 0.244 e. The van der Waals surface area contributed by atoms with Crippen LogP contribution in [-0.2, 0) is 4.79 Å². The molecule has 1 atom stereocenters. The first-order chi connectivity index (χ1) is 9.86. The van der Waals surface area contributed by atoms with E-state index in [2.05, 4.69) is 50.0 Å². The molecule has 1 spiro atoms. The van der Waals surface area contributed by atoms with Crippen molar-refractivity contribution in [3.05, 3.63) is 35.9 Å². The van der Waals surface area contributed by atoms with Crippen molar-refractivity contribution >= 4 is 5.91 Å². The van der Waals surface area contributed by atoms with Gasteiger partial charge in [0.2, 0.25) is 5.91 Å². The van der Waals surface area contributed by atoms with Crippen LogP contribution in [0.1, 0.15) is 52.3 Å². The number of hydrogen-bond acceptors (Lipinski definition) is 2. The number of rotatable bonds is 4. The summed E-state index contributed by atoms with van der Waals surface area (Å²) in [6.07, 6.45) is 1.99. The van der Waals surface area contributed by atoms with E-state index in [4.69, 9.17) is 0 Å². The maximum Gasteiger partial charge on any atom is 0.244 e. The van der Waals surface area contributed by atoms with Crippen molar-refractivity contribution in [1.82, 2.24) is 10.2 Å². The quantitative estimate of drug-likeness (QED) is 0.921. The summed E-state index contributed by atoms with van der Waals surface area (Å²) in [5, 5.41) is 3.60. The van der Waals surface area contributed by atoms with Crippen molar-refractivity contribution in [1.29, 1.82) is 0 Å². The van der Waals surface area contributed by atoms with Gasteiger partial charge in [0.15, 0.2) is 0 Å². The zero-order valence-corrected chi connectivity index (χ0v) is 13.5. The number of carbonyl (C=O) groups excluding carboxylic acids is 1. The van der Waals surface area contributed by atoms with Crippen molar-refractivity contribution in [2.24, 2.45) is 11.3 Å². The molecule has 1 aliphatic heterocycles. The summed E-state index contributed by atoms with van der Waals surface area (Å²) in [7, 11) is 0. The fourth-order valence-corrected chi connectivity index (χ4v) is 2.96. The lowest BCUT2D eigenvalue weighted by Crippen LogP contribution is -2.41. The molecule has 0 radical (unpaired) electrons. The van der Waals surface area contributed by atoms with Gasteiger partial charge in [-0.25, -0.2) is 0 Å². The highest BCUT2D eigenvalue weighted by atomic mass is 16.2. The number of benzene rings is 1. The van der Waals surface area contributed by atoms with Crippen LogP contribution in [0.3, 0.4) is 0 Å². The molecule has 1 heterocycles. The minimum absolute atomic E-state index is 0.0271. The van der Waals surface area contributed by atoms with E-state index < -0.39 is 0 Å². The van der Waals surface area contributed by atoms with E-state index in [0.29, 0.717) is 11.8 Å². The van der Waals surface area contributed by atoms with Gasteiger partial charge in [0.1, 0.15) is 11.7 Å². The summed E-state index contributed by atoms with van der Waals surface area (Å²) in [4.78, 5) is 14.9. The molecule has 1 unspecified atom stereocenters. The van der Waals surface area contributed by atoms with Crippen molar-refractivity contribution in [3.63, 3.8) is 0 Å². The SMILES string of the molecule is CC(C)C(C)(C)CN1C(=O)C2(CC2)NC1c1ccccc1. The van der Waals surface area contributed by atoms with Crippen molar-refractivity contribution < 1.29 is 4.79 Å². The maximum atomic E-state index is 12.8. The normalized spacial score (nSPS) is 24.1. The Bertz CT molecular complexity index is 531. The van der Waals surface area contributed by atoms with Crippen molar-refractivity contribution in [3.8, 4) is 0 Å². The number of hydrogen-bond donors (Lipinski definition) is 1. The molecule has 1 aliphatic carbocycles. The largest absolute Gasteiger partial charge is 0.321 e. The fraction of sp³-hybridized carbons (Fsp3) is 0.611. The van der Waals surface area contributed by atoms with Gasteiger partial charge in [-0.1, -0.05) is 58.0 Å². The lowest BCUT2D eigenvalue weighted by molar-refractivity contribution is -0.132. The molecule has 2 fully saturated rings. The van der Waals surface area contributed by atoms with Crippen LogP contribution >= 0.6 is 0 Å². The summed E-state index contributed by atoms with van der Waals surface area (Å²) >= 11 is 0. The molecule has 114 valence electrons. The second-order valence-corrected chi connectivity index (χ2v) is 7.62. The van der Waals surface area contributed by atoms with Crippen LogP contribution in [0.4, 0.5) is 0 Å². The van der Waals surface area contributed by atoms with Gasteiger partial charge in [-0.3, -0.25) is 10.1 Å². The Kier molecular flexibility index (Phi) is 3.36. The summed E-state index contributed by atoms with van der Waals surface area (Å²) in [6, 6.07) is 10.3. The van der Waals surface area contributed by atoms with Crippen LogP contribution in [0.25, 0.3) is 0 Å². The van der Waals surface area contributed by atoms with E-state index in [0.717, 1.165) is 19.4 Å². The van der Waals surface area contributed by atoms with Gasteiger partial charge in [-0.05, 0) is 29.7 Å². The summed E-state index contributed by atoms with van der Waals surface area (Å²) in [6.45, 7) is 9.78. The molecular formula is C18H26N2O. The average Bonchev–Trinajstić information content (AvgIpc) is 3.18.